The largest absolute Gasteiger partial charge is 0.274 e. The van der Waals surface area contributed by atoms with E-state index >= 15 is 0 Å². The molecule has 3 heterocycles. The van der Waals surface area contributed by atoms with Crippen molar-refractivity contribution >= 4 is 36.9 Å². The summed E-state index contributed by atoms with van der Waals surface area (Å²) in [7, 11) is -7.18. The molecule has 3 atom stereocenters. The summed E-state index contributed by atoms with van der Waals surface area (Å²) in [5.41, 5.74) is 2.35. The molecule has 1 saturated carbocycles. The van der Waals surface area contributed by atoms with Crippen molar-refractivity contribution < 1.29 is 16.8 Å². The third kappa shape index (κ3) is 4.41. The third-order valence-electron chi connectivity index (χ3n) is 6.97. The zero-order chi connectivity index (χ0) is 25.7. The van der Waals surface area contributed by atoms with E-state index in [0.717, 1.165) is 12.0 Å². The Morgan fingerprint density at radius 2 is 1.81 bits per heavy atom. The second kappa shape index (κ2) is 9.24. The topological polar surface area (TPSA) is 128 Å². The fraction of sp³-hybridized carbons (Fsp3) is 0.458. The number of unbranched alkanes of at least 4 members (excludes halogenated alkanes) is 1. The molecule has 0 aliphatic heterocycles. The predicted octanol–water partition coefficient (Wildman–Crippen LogP) is 3.23. The Bertz CT molecular complexity index is 1620. The number of fused-ring (bicyclic) bond motifs is 3. The first-order chi connectivity index (χ1) is 17.1. The highest BCUT2D eigenvalue weighted by Crippen LogP contribution is 2.40. The van der Waals surface area contributed by atoms with Gasteiger partial charge in [0.15, 0.2) is 11.3 Å². The fourth-order valence-corrected chi connectivity index (χ4v) is 7.85. The van der Waals surface area contributed by atoms with E-state index in [1.54, 1.807) is 30.3 Å². The highest BCUT2D eigenvalue weighted by Gasteiger charge is 2.37. The maximum Gasteiger partial charge on any atom is 0.269 e. The standard InChI is InChI=1S/C24H30N6O4S2/c1-4-5-12-35(31,32)28-18-13-17(3)20(14-18)23-27-26-22-15-25-24-21(30(22)23)10-11-29(24)36(33,34)19-8-6-16(2)7-9-19/h6-11,15,17-18,20,28H,4-5,12-14H2,1-3H3/t17-,18+,20+/m1/s1. The van der Waals surface area contributed by atoms with Gasteiger partial charge in [-0.15, -0.1) is 10.2 Å². The Hall–Kier alpha value is -2.83. The monoisotopic (exact) mass is 530 g/mol. The van der Waals surface area contributed by atoms with E-state index in [1.807, 2.05) is 18.2 Å². The lowest BCUT2D eigenvalue weighted by molar-refractivity contribution is 0.505. The number of aromatic nitrogens is 5. The first-order valence-electron chi connectivity index (χ1n) is 12.1. The zero-order valence-corrected chi connectivity index (χ0v) is 22.1. The van der Waals surface area contributed by atoms with Crippen molar-refractivity contribution in [3.05, 3.63) is 54.1 Å². The van der Waals surface area contributed by atoms with E-state index in [9.17, 15) is 16.8 Å². The number of rotatable bonds is 8. The number of nitrogens with one attached hydrogen (secondary N) is 1. The molecule has 12 heteroatoms. The van der Waals surface area contributed by atoms with Crippen LogP contribution in [0.15, 0.2) is 47.6 Å². The van der Waals surface area contributed by atoms with E-state index in [-0.39, 0.29) is 34.2 Å². The molecule has 5 rings (SSSR count). The Morgan fingerprint density at radius 3 is 2.53 bits per heavy atom. The van der Waals surface area contributed by atoms with Crippen molar-refractivity contribution in [3.8, 4) is 0 Å². The molecule has 0 unspecified atom stereocenters. The van der Waals surface area contributed by atoms with Gasteiger partial charge in [0.25, 0.3) is 10.0 Å². The second-order valence-electron chi connectivity index (χ2n) is 9.69. The van der Waals surface area contributed by atoms with Gasteiger partial charge in [-0.2, -0.15) is 0 Å². The molecule has 1 aromatic carbocycles. The normalized spacial score (nSPS) is 21.0. The van der Waals surface area contributed by atoms with E-state index in [0.29, 0.717) is 36.3 Å². The minimum Gasteiger partial charge on any atom is -0.274 e. The highest BCUT2D eigenvalue weighted by atomic mass is 32.2. The molecule has 192 valence electrons. The molecular weight excluding hydrogens is 500 g/mol. The molecule has 1 N–H and O–H groups in total. The van der Waals surface area contributed by atoms with Gasteiger partial charge in [-0.3, -0.25) is 4.40 Å². The molecule has 36 heavy (non-hydrogen) atoms. The van der Waals surface area contributed by atoms with Crippen molar-refractivity contribution in [1.82, 2.24) is 28.3 Å². The van der Waals surface area contributed by atoms with Crippen molar-refractivity contribution in [2.24, 2.45) is 5.92 Å². The first-order valence-corrected chi connectivity index (χ1v) is 15.2. The van der Waals surface area contributed by atoms with Gasteiger partial charge in [0, 0.05) is 18.2 Å². The van der Waals surface area contributed by atoms with Gasteiger partial charge in [0.1, 0.15) is 5.82 Å². The summed E-state index contributed by atoms with van der Waals surface area (Å²) < 4.78 is 57.5. The Labute approximate surface area is 210 Å². The predicted molar refractivity (Wildman–Crippen MR) is 137 cm³/mol. The van der Waals surface area contributed by atoms with Crippen molar-refractivity contribution in [3.63, 3.8) is 0 Å². The molecule has 0 saturated heterocycles. The van der Waals surface area contributed by atoms with Crippen LogP contribution in [-0.4, -0.2) is 52.2 Å². The van der Waals surface area contributed by atoms with Crippen molar-refractivity contribution in [1.29, 1.82) is 0 Å². The van der Waals surface area contributed by atoms with Gasteiger partial charge in [-0.25, -0.2) is 30.5 Å². The fourth-order valence-electron chi connectivity index (χ4n) is 5.06. The Kier molecular flexibility index (Phi) is 6.38. The molecule has 4 aromatic rings. The average molecular weight is 531 g/mol. The van der Waals surface area contributed by atoms with Crippen LogP contribution in [0, 0.1) is 12.8 Å². The first kappa shape index (κ1) is 24.8. The third-order valence-corrected chi connectivity index (χ3v) is 10.2. The molecule has 1 fully saturated rings. The molecule has 0 spiro atoms. The number of nitrogens with zero attached hydrogens (tertiary/aromatic N) is 5. The van der Waals surface area contributed by atoms with Crippen LogP contribution < -0.4 is 4.72 Å². The zero-order valence-electron chi connectivity index (χ0n) is 20.5. The van der Waals surface area contributed by atoms with Crippen molar-refractivity contribution in [2.45, 2.75) is 63.3 Å². The van der Waals surface area contributed by atoms with Gasteiger partial charge in [0.2, 0.25) is 10.0 Å². The van der Waals surface area contributed by atoms with E-state index in [4.69, 9.17) is 0 Å². The van der Waals surface area contributed by atoms with Crippen LogP contribution in [0.4, 0.5) is 0 Å². The summed E-state index contributed by atoms with van der Waals surface area (Å²) in [6.07, 6.45) is 5.76. The Morgan fingerprint density at radius 1 is 1.06 bits per heavy atom. The van der Waals surface area contributed by atoms with Crippen LogP contribution in [0.3, 0.4) is 0 Å². The lowest BCUT2D eigenvalue weighted by Crippen LogP contribution is -2.34. The van der Waals surface area contributed by atoms with Crippen LogP contribution in [-0.2, 0) is 20.0 Å². The molecule has 0 amide bonds. The molecule has 0 bridgehead atoms. The quantitative estimate of drug-likeness (QED) is 0.370. The molecule has 3 aromatic heterocycles. The van der Waals surface area contributed by atoms with Gasteiger partial charge in [-0.05, 0) is 50.3 Å². The van der Waals surface area contributed by atoms with Crippen LogP contribution in [0.25, 0.3) is 16.8 Å². The number of aryl methyl sites for hydroxylation is 1. The van der Waals surface area contributed by atoms with Gasteiger partial charge >= 0.3 is 0 Å². The second-order valence-corrected chi connectivity index (χ2v) is 13.4. The lowest BCUT2D eigenvalue weighted by Gasteiger charge is -2.14. The molecule has 1 aliphatic carbocycles. The molecular formula is C24H30N6O4S2. The Balaban J connectivity index is 1.51. The highest BCUT2D eigenvalue weighted by molar-refractivity contribution is 7.90. The number of hydrogen-bond donors (Lipinski definition) is 1. The summed E-state index contributed by atoms with van der Waals surface area (Å²) in [6, 6.07) is 8.22. The summed E-state index contributed by atoms with van der Waals surface area (Å²) in [5.74, 6) is 0.937. The number of sulfonamides is 1. The van der Waals surface area contributed by atoms with E-state index < -0.39 is 20.0 Å². The minimum atomic E-state index is -3.85. The van der Waals surface area contributed by atoms with Crippen molar-refractivity contribution in [2.75, 3.05) is 5.75 Å². The molecule has 10 nitrogen and oxygen atoms in total. The van der Waals surface area contributed by atoms with Crippen LogP contribution in [0.1, 0.15) is 56.8 Å². The summed E-state index contributed by atoms with van der Waals surface area (Å²) in [6.45, 7) is 5.95. The van der Waals surface area contributed by atoms with Crippen LogP contribution >= 0.6 is 0 Å². The van der Waals surface area contributed by atoms with Gasteiger partial charge < -0.3 is 0 Å². The number of hydrogen-bond acceptors (Lipinski definition) is 7. The maximum atomic E-state index is 13.4. The minimum absolute atomic E-state index is 0.0402. The maximum absolute atomic E-state index is 13.4. The van der Waals surface area contributed by atoms with Gasteiger partial charge in [-0.1, -0.05) is 38.0 Å². The van der Waals surface area contributed by atoms with Crippen LogP contribution in [0.5, 0.6) is 0 Å². The van der Waals surface area contributed by atoms with E-state index in [2.05, 4.69) is 26.8 Å². The van der Waals surface area contributed by atoms with Gasteiger partial charge in [0.05, 0.1) is 22.4 Å². The summed E-state index contributed by atoms with van der Waals surface area (Å²) >= 11 is 0. The summed E-state index contributed by atoms with van der Waals surface area (Å²) in [4.78, 5) is 4.58. The molecule has 1 aliphatic rings. The molecule has 0 radical (unpaired) electrons. The van der Waals surface area contributed by atoms with Crippen LogP contribution in [0.2, 0.25) is 0 Å². The summed E-state index contributed by atoms with van der Waals surface area (Å²) in [5, 5.41) is 8.72. The number of benzene rings is 1. The SMILES string of the molecule is CCCCS(=O)(=O)N[C@H]1C[C@@H](C)[C@@H](c2nnc3cnc4c(ccn4S(=O)(=O)c4ccc(C)cc4)n23)C1. The van der Waals surface area contributed by atoms with E-state index in [1.165, 1.54) is 16.4 Å². The smallest absolute Gasteiger partial charge is 0.269 e. The average Bonchev–Trinajstić information content (AvgIpc) is 3.53. The lowest BCUT2D eigenvalue weighted by atomic mass is 9.97.